The molecule has 0 amide bonds. The van der Waals surface area contributed by atoms with Crippen LogP contribution in [0.4, 0.5) is 10.1 Å². The summed E-state index contributed by atoms with van der Waals surface area (Å²) < 4.78 is 20.8. The molecule has 4 N–H and O–H groups in total. The Morgan fingerprint density at radius 2 is 1.89 bits per heavy atom. The van der Waals surface area contributed by atoms with Crippen LogP contribution in [0, 0.1) is 5.82 Å². The highest BCUT2D eigenvalue weighted by atomic mass is 19.1. The predicted molar refractivity (Wildman–Crippen MR) is 180 cm³/mol. The number of unbranched alkanes of at least 4 members (excludes halogenated alkanes) is 1. The first kappa shape index (κ1) is 29.9. The van der Waals surface area contributed by atoms with E-state index in [-0.39, 0.29) is 5.82 Å². The normalized spacial score (nSPS) is 14.3. The summed E-state index contributed by atoms with van der Waals surface area (Å²) >= 11 is 0. The molecule has 7 rings (SSSR count). The van der Waals surface area contributed by atoms with Crippen molar-refractivity contribution in [2.24, 2.45) is 0 Å². The third-order valence-electron chi connectivity index (χ3n) is 8.62. The molecule has 5 heterocycles. The smallest absolute Gasteiger partial charge is 0.127 e. The minimum Gasteiger partial charge on any atom is -0.492 e. The standard InChI is InChI=1S/C36H38FN7O2/c1-2-3-9-35(45)40-26-15-24(20-38-21-26)32-19-30-34(22-39-32)42-43-36(30)33-18-29-28(7-6-8-31(29)41-33)23-14-25(37)17-27(16-23)46-13-12-44-10-4-5-11-44/h6-8,14-22,35,40-41,45H,2-5,9-13H2,1H3,(H,42,43). The van der Waals surface area contributed by atoms with E-state index in [4.69, 9.17) is 4.74 Å². The molecule has 4 aromatic heterocycles. The summed E-state index contributed by atoms with van der Waals surface area (Å²) in [5.74, 6) is 0.202. The van der Waals surface area contributed by atoms with E-state index in [0.717, 1.165) is 93.7 Å². The Labute approximate surface area is 266 Å². The van der Waals surface area contributed by atoms with Gasteiger partial charge in [-0.2, -0.15) is 5.10 Å². The van der Waals surface area contributed by atoms with Gasteiger partial charge >= 0.3 is 0 Å². The molecule has 10 heteroatoms. The molecule has 9 nitrogen and oxygen atoms in total. The van der Waals surface area contributed by atoms with E-state index in [1.807, 2.05) is 36.4 Å². The summed E-state index contributed by atoms with van der Waals surface area (Å²) in [7, 11) is 0. The van der Waals surface area contributed by atoms with Gasteiger partial charge in [-0.05, 0) is 86.3 Å². The molecule has 6 aromatic rings. The molecule has 0 saturated carbocycles. The SMILES string of the molecule is CCCCC(O)Nc1cncc(-c2cc3c(-c4cc5c(-c6cc(F)cc(OCCN7CCCC7)c6)cccc5[nH]4)n[nH]c3cn2)c1. The minimum atomic E-state index is -0.633. The van der Waals surface area contributed by atoms with Gasteiger partial charge in [0.25, 0.3) is 0 Å². The van der Waals surface area contributed by atoms with Crippen LogP contribution in [0.25, 0.3) is 55.6 Å². The fourth-order valence-corrected chi connectivity index (χ4v) is 6.24. The predicted octanol–water partition coefficient (Wildman–Crippen LogP) is 7.37. The number of aromatic amines is 2. The number of nitrogens with one attached hydrogen (secondary N) is 3. The Kier molecular flexibility index (Phi) is 8.63. The second-order valence-corrected chi connectivity index (χ2v) is 12.0. The average molecular weight is 620 g/mol. The molecule has 1 aliphatic rings. The van der Waals surface area contributed by atoms with Gasteiger partial charge in [0.15, 0.2) is 0 Å². The van der Waals surface area contributed by atoms with E-state index in [2.05, 4.69) is 48.4 Å². The van der Waals surface area contributed by atoms with E-state index in [9.17, 15) is 9.50 Å². The number of likely N-dealkylation sites (tertiary alicyclic amines) is 1. The Balaban J connectivity index is 1.17. The van der Waals surface area contributed by atoms with Crippen LogP contribution in [-0.2, 0) is 0 Å². The molecule has 46 heavy (non-hydrogen) atoms. The van der Waals surface area contributed by atoms with Crippen molar-refractivity contribution in [3.8, 4) is 39.5 Å². The van der Waals surface area contributed by atoms with Gasteiger partial charge in [0.1, 0.15) is 30.1 Å². The van der Waals surface area contributed by atoms with Crippen LogP contribution >= 0.6 is 0 Å². The van der Waals surface area contributed by atoms with Gasteiger partial charge in [-0.25, -0.2) is 4.39 Å². The average Bonchev–Trinajstić information content (AvgIpc) is 3.83. The van der Waals surface area contributed by atoms with E-state index in [1.54, 1.807) is 24.7 Å². The van der Waals surface area contributed by atoms with Crippen molar-refractivity contribution < 1.29 is 14.2 Å². The third-order valence-corrected chi connectivity index (χ3v) is 8.62. The number of aliphatic hydroxyl groups excluding tert-OH is 1. The first-order valence-electron chi connectivity index (χ1n) is 16.1. The number of aromatic nitrogens is 5. The lowest BCUT2D eigenvalue weighted by Crippen LogP contribution is -2.25. The van der Waals surface area contributed by atoms with Gasteiger partial charge < -0.3 is 20.1 Å². The van der Waals surface area contributed by atoms with Crippen LogP contribution in [-0.4, -0.2) is 67.6 Å². The first-order valence-corrected chi connectivity index (χ1v) is 16.1. The molecule has 1 aliphatic heterocycles. The van der Waals surface area contributed by atoms with Crippen LogP contribution in [0.5, 0.6) is 5.75 Å². The zero-order valence-electron chi connectivity index (χ0n) is 25.9. The van der Waals surface area contributed by atoms with Gasteiger partial charge in [0.2, 0.25) is 0 Å². The second-order valence-electron chi connectivity index (χ2n) is 12.0. The molecule has 1 fully saturated rings. The molecule has 0 aliphatic carbocycles. The Hall–Kier alpha value is -4.80. The molecular formula is C36H38FN7O2. The highest BCUT2D eigenvalue weighted by Gasteiger charge is 2.17. The van der Waals surface area contributed by atoms with Crippen LogP contribution in [0.3, 0.4) is 0 Å². The lowest BCUT2D eigenvalue weighted by Gasteiger charge is -2.15. The zero-order valence-corrected chi connectivity index (χ0v) is 25.9. The molecule has 2 aromatic carbocycles. The summed E-state index contributed by atoms with van der Waals surface area (Å²) in [6.45, 7) is 5.68. The van der Waals surface area contributed by atoms with Crippen molar-refractivity contribution in [1.29, 1.82) is 0 Å². The fraction of sp³-hybridized carbons (Fsp3) is 0.306. The molecule has 1 saturated heterocycles. The Bertz CT molecular complexity index is 1960. The summed E-state index contributed by atoms with van der Waals surface area (Å²) in [5.41, 5.74) is 7.26. The van der Waals surface area contributed by atoms with E-state index >= 15 is 0 Å². The topological polar surface area (TPSA) is 115 Å². The van der Waals surface area contributed by atoms with Crippen molar-refractivity contribution in [3.05, 3.63) is 79.0 Å². The lowest BCUT2D eigenvalue weighted by molar-refractivity contribution is 0.190. The van der Waals surface area contributed by atoms with Gasteiger partial charge in [0, 0.05) is 40.7 Å². The quantitative estimate of drug-likeness (QED) is 0.106. The number of benzene rings is 2. The van der Waals surface area contributed by atoms with Gasteiger partial charge in [-0.1, -0.05) is 25.5 Å². The molecule has 1 atom stereocenters. The molecular weight excluding hydrogens is 581 g/mol. The van der Waals surface area contributed by atoms with Crippen LogP contribution in [0.15, 0.2) is 73.2 Å². The number of hydrogen-bond acceptors (Lipinski definition) is 7. The minimum absolute atomic E-state index is 0.330. The Morgan fingerprint density at radius 3 is 2.76 bits per heavy atom. The largest absolute Gasteiger partial charge is 0.492 e. The number of fused-ring (bicyclic) bond motifs is 2. The number of nitrogens with zero attached hydrogens (tertiary/aromatic N) is 4. The van der Waals surface area contributed by atoms with Crippen molar-refractivity contribution in [1.82, 2.24) is 30.0 Å². The highest BCUT2D eigenvalue weighted by Crippen LogP contribution is 2.36. The molecule has 1 unspecified atom stereocenters. The number of anilines is 1. The Morgan fingerprint density at radius 1 is 1.00 bits per heavy atom. The van der Waals surface area contributed by atoms with Gasteiger partial charge in [-0.3, -0.25) is 20.0 Å². The van der Waals surface area contributed by atoms with Crippen LogP contribution < -0.4 is 10.1 Å². The molecule has 0 bridgehead atoms. The monoisotopic (exact) mass is 619 g/mol. The maximum Gasteiger partial charge on any atom is 0.127 e. The van der Waals surface area contributed by atoms with E-state index in [1.165, 1.54) is 18.9 Å². The fourth-order valence-electron chi connectivity index (χ4n) is 6.24. The maximum atomic E-state index is 14.8. The van der Waals surface area contributed by atoms with Gasteiger partial charge in [-0.15, -0.1) is 0 Å². The first-order chi connectivity index (χ1) is 22.5. The second kappa shape index (κ2) is 13.3. The van der Waals surface area contributed by atoms with Crippen LogP contribution in [0.2, 0.25) is 0 Å². The summed E-state index contributed by atoms with van der Waals surface area (Å²) in [6, 6.07) is 16.9. The number of ether oxygens (including phenoxy) is 1. The van der Waals surface area contributed by atoms with Gasteiger partial charge in [0.05, 0.1) is 35.0 Å². The van der Waals surface area contributed by atoms with E-state index in [0.29, 0.717) is 18.8 Å². The molecule has 0 radical (unpaired) electrons. The number of H-pyrrole nitrogens is 2. The summed E-state index contributed by atoms with van der Waals surface area (Å²) in [4.78, 5) is 14.9. The number of rotatable bonds is 12. The maximum absolute atomic E-state index is 14.8. The summed E-state index contributed by atoms with van der Waals surface area (Å²) in [6.07, 6.45) is 9.68. The van der Waals surface area contributed by atoms with E-state index < -0.39 is 6.23 Å². The number of pyridine rings is 2. The van der Waals surface area contributed by atoms with Crippen molar-refractivity contribution >= 4 is 27.5 Å². The number of hydrogen-bond donors (Lipinski definition) is 4. The molecule has 236 valence electrons. The molecule has 0 spiro atoms. The summed E-state index contributed by atoms with van der Waals surface area (Å²) in [5, 5.41) is 23.1. The number of halogens is 1. The van der Waals surface area contributed by atoms with Crippen molar-refractivity contribution in [2.75, 3.05) is 31.6 Å². The lowest BCUT2D eigenvalue weighted by atomic mass is 10.0. The third kappa shape index (κ3) is 6.45. The highest BCUT2D eigenvalue weighted by molar-refractivity contribution is 6.01. The van der Waals surface area contributed by atoms with Crippen molar-refractivity contribution in [3.63, 3.8) is 0 Å². The van der Waals surface area contributed by atoms with Crippen LogP contribution in [0.1, 0.15) is 39.0 Å². The zero-order chi connectivity index (χ0) is 31.5. The van der Waals surface area contributed by atoms with Crippen molar-refractivity contribution in [2.45, 2.75) is 45.3 Å². The number of aliphatic hydroxyl groups is 1.